The molecule has 0 atom stereocenters. The molecule has 9 rings (SSSR count). The van der Waals surface area contributed by atoms with Crippen molar-refractivity contribution >= 4 is 213 Å². The first-order valence-electron chi connectivity index (χ1n) is 13.4. The van der Waals surface area contributed by atoms with E-state index in [1.54, 1.807) is 0 Å². The molecule has 0 unspecified atom stereocenters. The van der Waals surface area contributed by atoms with E-state index < -0.39 is 0 Å². The number of hydrogen-bond acceptors (Lipinski definition) is 10. The van der Waals surface area contributed by atoms with Crippen LogP contribution in [0.4, 0.5) is 0 Å². The molecule has 0 aliphatic carbocycles. The van der Waals surface area contributed by atoms with Gasteiger partial charge in [-0.2, -0.15) is 0 Å². The molecular formula is C32H16CuN8Na4S4. The molecule has 49 heavy (non-hydrogen) atoms. The predicted octanol–water partition coefficient (Wildman–Crippen LogP) is 5.76. The molecule has 0 N–H and O–H groups in total. The van der Waals surface area contributed by atoms with Crippen molar-refractivity contribution in [2.24, 2.45) is 0 Å². The van der Waals surface area contributed by atoms with E-state index in [0.29, 0.717) is 45.9 Å². The minimum atomic E-state index is 0. The van der Waals surface area contributed by atoms with Crippen molar-refractivity contribution in [3.8, 4) is 45.6 Å². The van der Waals surface area contributed by atoms with Gasteiger partial charge in [0, 0.05) is 188 Å². The fourth-order valence-corrected chi connectivity index (χ4v) is 6.72. The molecule has 223 valence electrons. The maximum absolute atomic E-state index is 4.97. The SMILES string of the molecule is Sc1ccc2c(c1)-c1nc-2nc2[n-]c(nc3nc(nc4[n-]c(n1)c1cc(S)ccc41)-c1c(S)cccc1-3)c1cccc(S)c21.[Cu+2].[Na].[Na].[Na].[Na]. The van der Waals surface area contributed by atoms with Crippen molar-refractivity contribution in [3.63, 3.8) is 0 Å². The van der Waals surface area contributed by atoms with Gasteiger partial charge in [0.25, 0.3) is 0 Å². The van der Waals surface area contributed by atoms with E-state index in [1.807, 2.05) is 72.8 Å². The van der Waals surface area contributed by atoms with Crippen LogP contribution in [-0.2, 0) is 17.1 Å². The average Bonchev–Trinajstić information content (AvgIpc) is 3.73. The van der Waals surface area contributed by atoms with Crippen LogP contribution in [0.15, 0.2) is 92.4 Å². The average molecular weight is 796 g/mol. The summed E-state index contributed by atoms with van der Waals surface area (Å²) in [6.07, 6.45) is 0. The van der Waals surface area contributed by atoms with E-state index >= 15 is 0 Å². The summed E-state index contributed by atoms with van der Waals surface area (Å²) in [6.45, 7) is 0. The first-order valence-corrected chi connectivity index (χ1v) is 15.2. The number of aromatic nitrogens is 8. The Kier molecular flexibility index (Phi) is 14.3. The van der Waals surface area contributed by atoms with Crippen LogP contribution in [0, 0.1) is 0 Å². The summed E-state index contributed by atoms with van der Waals surface area (Å²) in [6, 6.07) is 23.1. The van der Waals surface area contributed by atoms with Crippen molar-refractivity contribution in [3.05, 3.63) is 72.8 Å². The van der Waals surface area contributed by atoms with Gasteiger partial charge >= 0.3 is 17.1 Å². The summed E-state index contributed by atoms with van der Waals surface area (Å²) in [7, 11) is 0. The smallest absolute Gasteiger partial charge is 0.357 e. The Labute approximate surface area is 401 Å². The van der Waals surface area contributed by atoms with Gasteiger partial charge in [0.2, 0.25) is 0 Å². The van der Waals surface area contributed by atoms with Crippen LogP contribution in [0.25, 0.3) is 89.7 Å². The minimum Gasteiger partial charge on any atom is -0.357 e. The molecule has 5 heterocycles. The van der Waals surface area contributed by atoms with Gasteiger partial charge in [-0.25, -0.2) is 9.97 Å². The number of nitrogens with zero attached hydrogens (tertiary/aromatic N) is 8. The summed E-state index contributed by atoms with van der Waals surface area (Å²) in [5.41, 5.74) is 5.01. The number of rotatable bonds is 0. The standard InChI is InChI=1S/C32H16N8S4.Cu.4Na/c41-13-7-9-15-19(11-13)29-33-25(15)37-31-23-17(3-1-5-21(23)43)27(39-31)35-28-18-4-2-6-22(44)24(18)32(40-28)38-26-16-10-8-14(42)12-20(16)30(34-26)36-29;;;;;/h1-12H,(H4-2,33,34,35,36,37,38,39,40,41,42,43,44);;;;;/q-2;+2;;;;. The first-order chi connectivity index (χ1) is 21.4. The molecule has 4 aromatic carbocycles. The quantitative estimate of drug-likeness (QED) is 0.114. The second kappa shape index (κ2) is 16.7. The number of thiol groups is 4. The van der Waals surface area contributed by atoms with Gasteiger partial charge in [-0.15, -0.1) is 50.5 Å². The minimum absolute atomic E-state index is 0. The van der Waals surface area contributed by atoms with Crippen LogP contribution in [-0.4, -0.2) is 148 Å². The zero-order chi connectivity index (χ0) is 29.7. The van der Waals surface area contributed by atoms with E-state index in [4.69, 9.17) is 65.1 Å². The maximum Gasteiger partial charge on any atom is 2.00 e. The summed E-state index contributed by atoms with van der Waals surface area (Å²) in [4.78, 5) is 42.4. The Balaban J connectivity index is 0.00000108. The molecule has 7 aromatic rings. The molecule has 2 aliphatic rings. The zero-order valence-corrected chi connectivity index (χ0v) is 39.1. The Morgan fingerprint density at radius 1 is 0.429 bits per heavy atom. The fourth-order valence-electron chi connectivity index (χ4n) is 5.70. The molecule has 0 amide bonds. The van der Waals surface area contributed by atoms with Crippen LogP contribution in [0.2, 0.25) is 0 Å². The fraction of sp³-hybridized carbons (Fsp3) is 0. The molecule has 17 heteroatoms. The van der Waals surface area contributed by atoms with Gasteiger partial charge in [0.1, 0.15) is 0 Å². The van der Waals surface area contributed by atoms with E-state index in [2.05, 4.69) is 25.3 Å². The third-order valence-electron chi connectivity index (χ3n) is 7.68. The Morgan fingerprint density at radius 3 is 1.78 bits per heavy atom. The topological polar surface area (TPSA) is 106 Å². The van der Waals surface area contributed by atoms with Crippen molar-refractivity contribution in [1.29, 1.82) is 0 Å². The Hall–Kier alpha value is 0.159. The van der Waals surface area contributed by atoms with Crippen LogP contribution >= 0.6 is 50.5 Å². The largest absolute Gasteiger partial charge is 2.00 e. The Bertz CT molecular complexity index is 2600. The molecular weight excluding hydrogens is 780 g/mol. The molecule has 3 aromatic heterocycles. The van der Waals surface area contributed by atoms with Gasteiger partial charge in [0.15, 0.2) is 0 Å². The second-order valence-corrected chi connectivity index (χ2v) is 12.3. The van der Waals surface area contributed by atoms with Crippen LogP contribution in [0.1, 0.15) is 0 Å². The van der Waals surface area contributed by atoms with E-state index in [0.717, 1.165) is 63.4 Å². The van der Waals surface area contributed by atoms with Crippen LogP contribution in [0.5, 0.6) is 0 Å². The zero-order valence-electron chi connectivity index (χ0n) is 26.6. The van der Waals surface area contributed by atoms with Crippen molar-refractivity contribution in [2.45, 2.75) is 19.6 Å². The molecule has 8 bridgehead atoms. The monoisotopic (exact) mass is 795 g/mol. The van der Waals surface area contributed by atoms with Gasteiger partial charge in [-0.1, -0.05) is 36.4 Å². The molecule has 0 spiro atoms. The molecule has 2 aliphatic heterocycles. The van der Waals surface area contributed by atoms with Crippen molar-refractivity contribution in [2.75, 3.05) is 0 Å². The van der Waals surface area contributed by atoms with Crippen LogP contribution in [0.3, 0.4) is 0 Å². The van der Waals surface area contributed by atoms with Gasteiger partial charge in [-0.3, -0.25) is 0 Å². The van der Waals surface area contributed by atoms with E-state index in [1.165, 1.54) is 0 Å². The normalized spacial score (nSPS) is 10.9. The van der Waals surface area contributed by atoms with E-state index in [9.17, 15) is 0 Å². The predicted molar refractivity (Wildman–Crippen MR) is 206 cm³/mol. The molecule has 0 saturated heterocycles. The third-order valence-corrected chi connectivity index (χ3v) is 8.98. The maximum atomic E-state index is 4.97. The number of hydrogen-bond donors (Lipinski definition) is 4. The van der Waals surface area contributed by atoms with Crippen molar-refractivity contribution < 1.29 is 17.1 Å². The number of fused-ring (bicyclic) bond motifs is 20. The molecule has 0 fully saturated rings. The Morgan fingerprint density at radius 2 is 0.980 bits per heavy atom. The summed E-state index contributed by atoms with van der Waals surface area (Å²) in [5.74, 6) is 1.85. The van der Waals surface area contributed by atoms with Gasteiger partial charge in [0.05, 0.1) is 23.3 Å². The van der Waals surface area contributed by atoms with Crippen molar-refractivity contribution in [1.82, 2.24) is 39.9 Å². The second-order valence-electron chi connectivity index (χ2n) is 10.3. The summed E-state index contributed by atoms with van der Waals surface area (Å²) >= 11 is 18.7. The molecule has 5 radical (unpaired) electrons. The first kappa shape index (κ1) is 41.9. The molecule has 0 saturated carbocycles. The third kappa shape index (κ3) is 7.35. The van der Waals surface area contributed by atoms with E-state index in [-0.39, 0.29) is 135 Å². The van der Waals surface area contributed by atoms with Crippen LogP contribution < -0.4 is 9.97 Å². The number of benzene rings is 4. The summed E-state index contributed by atoms with van der Waals surface area (Å²) < 4.78 is 0. The van der Waals surface area contributed by atoms with Gasteiger partial charge in [-0.05, 0) is 52.6 Å². The van der Waals surface area contributed by atoms with Gasteiger partial charge < -0.3 is 29.9 Å². The summed E-state index contributed by atoms with van der Waals surface area (Å²) in [5, 5.41) is 3.16. The molecule has 8 nitrogen and oxygen atoms in total.